The molecule has 0 aliphatic rings. The Balaban J connectivity index is 3.66. The third kappa shape index (κ3) is 2.24. The van der Waals surface area contributed by atoms with Gasteiger partial charge in [0.25, 0.3) is 0 Å². The van der Waals surface area contributed by atoms with Gasteiger partial charge in [-0.05, 0) is 6.42 Å². The number of hydrogen-bond donors (Lipinski definition) is 1. The van der Waals surface area contributed by atoms with Gasteiger partial charge in [0.05, 0.1) is 0 Å². The first-order valence-corrected chi connectivity index (χ1v) is 2.11. The van der Waals surface area contributed by atoms with Crippen molar-refractivity contribution in [3.05, 3.63) is 6.92 Å². The van der Waals surface area contributed by atoms with Crippen LogP contribution in [-0.4, -0.2) is 10.7 Å². The van der Waals surface area contributed by atoms with Gasteiger partial charge in [0.15, 0.2) is 0 Å². The normalized spacial score (nSPS) is 17.4. The largest absolute Gasteiger partial charge is 0.377 e. The van der Waals surface area contributed by atoms with E-state index in [1.165, 1.54) is 0 Å². The van der Waals surface area contributed by atoms with Crippen molar-refractivity contribution in [3.8, 4) is 12.3 Å². The van der Waals surface area contributed by atoms with Crippen LogP contribution in [0.4, 0.5) is 0 Å². The topological polar surface area (TPSA) is 20.2 Å². The maximum Gasteiger partial charge on any atom is 0.128 e. The fourth-order valence-corrected chi connectivity index (χ4v) is 0.102. The van der Waals surface area contributed by atoms with Crippen LogP contribution in [0.3, 0.4) is 0 Å². The first-order valence-electron chi connectivity index (χ1n) is 2.11. The van der Waals surface area contributed by atoms with Gasteiger partial charge in [0.1, 0.15) is 5.60 Å². The Morgan fingerprint density at radius 2 is 2.29 bits per heavy atom. The van der Waals surface area contributed by atoms with Crippen LogP contribution in [0, 0.1) is 19.3 Å². The lowest BCUT2D eigenvalue weighted by molar-refractivity contribution is 0.146. The Bertz CT molecular complexity index is 86.8. The smallest absolute Gasteiger partial charge is 0.128 e. The van der Waals surface area contributed by atoms with Crippen molar-refractivity contribution in [2.24, 2.45) is 0 Å². The summed E-state index contributed by atoms with van der Waals surface area (Å²) in [5.41, 5.74) is -1.39. The van der Waals surface area contributed by atoms with Crippen LogP contribution in [0.2, 0.25) is 0 Å². The standard InChI is InChI=1S/C6H8O/c1-4-6(3,7)5-2/h1,3,7H,5H2,2H3. The van der Waals surface area contributed by atoms with E-state index in [-0.39, 0.29) is 0 Å². The molecule has 0 spiro atoms. The van der Waals surface area contributed by atoms with Gasteiger partial charge in [0.2, 0.25) is 0 Å². The number of terminal acetylenes is 1. The molecule has 0 rings (SSSR count). The van der Waals surface area contributed by atoms with E-state index in [9.17, 15) is 0 Å². The van der Waals surface area contributed by atoms with Crippen molar-refractivity contribution >= 4 is 0 Å². The Labute approximate surface area is 44.4 Å². The second-order valence-corrected chi connectivity index (χ2v) is 1.42. The zero-order valence-corrected chi connectivity index (χ0v) is 4.31. The minimum absolute atomic E-state index is 0.392. The number of aliphatic hydroxyl groups is 1. The first-order chi connectivity index (χ1) is 3.12. The quantitative estimate of drug-likeness (QED) is 0.470. The minimum Gasteiger partial charge on any atom is -0.377 e. The average Bonchev–Trinajstić information content (AvgIpc) is 1.68. The van der Waals surface area contributed by atoms with Crippen LogP contribution in [0.1, 0.15) is 13.3 Å². The van der Waals surface area contributed by atoms with Gasteiger partial charge in [-0.3, -0.25) is 0 Å². The van der Waals surface area contributed by atoms with Crippen LogP contribution in [0.15, 0.2) is 0 Å². The van der Waals surface area contributed by atoms with Crippen molar-refractivity contribution in [1.29, 1.82) is 0 Å². The molecular weight excluding hydrogens is 88.1 g/mol. The number of hydrogen-bond acceptors (Lipinski definition) is 1. The summed E-state index contributed by atoms with van der Waals surface area (Å²) in [7, 11) is 0. The summed E-state index contributed by atoms with van der Waals surface area (Å²) in [5, 5.41) is 8.67. The van der Waals surface area contributed by atoms with Gasteiger partial charge >= 0.3 is 0 Å². The number of rotatable bonds is 1. The highest BCUT2D eigenvalue weighted by molar-refractivity contribution is 5.08. The summed E-state index contributed by atoms with van der Waals surface area (Å²) in [6.45, 7) is 6.76. The van der Waals surface area contributed by atoms with E-state index in [0.29, 0.717) is 6.42 Å². The molecule has 0 aromatic carbocycles. The van der Waals surface area contributed by atoms with E-state index in [1.54, 1.807) is 6.92 Å². The highest BCUT2D eigenvalue weighted by Gasteiger charge is 2.11. The van der Waals surface area contributed by atoms with Gasteiger partial charge in [-0.2, -0.15) is 0 Å². The van der Waals surface area contributed by atoms with E-state index in [2.05, 4.69) is 0 Å². The molecule has 0 fully saturated rings. The fourth-order valence-electron chi connectivity index (χ4n) is 0.102. The molecule has 1 heteroatoms. The molecule has 0 aromatic rings. The zero-order chi connectivity index (χ0) is 5.91. The molecule has 0 aliphatic carbocycles. The predicted octanol–water partition coefficient (Wildman–Crippen LogP) is 0.472. The van der Waals surface area contributed by atoms with E-state index in [0.717, 1.165) is 0 Å². The molecule has 2 radical (unpaired) electrons. The van der Waals surface area contributed by atoms with Crippen molar-refractivity contribution in [2.45, 2.75) is 18.9 Å². The molecule has 1 unspecified atom stereocenters. The molecule has 38 valence electrons. The van der Waals surface area contributed by atoms with Gasteiger partial charge in [-0.25, -0.2) is 0 Å². The van der Waals surface area contributed by atoms with Crippen molar-refractivity contribution < 1.29 is 5.11 Å². The summed E-state index contributed by atoms with van der Waals surface area (Å²) in [5.74, 6) is 2.02. The lowest BCUT2D eigenvalue weighted by atomic mass is 10.1. The van der Waals surface area contributed by atoms with Crippen LogP contribution in [-0.2, 0) is 0 Å². The summed E-state index contributed by atoms with van der Waals surface area (Å²) in [6, 6.07) is 0. The van der Waals surface area contributed by atoms with Crippen LogP contribution >= 0.6 is 0 Å². The van der Waals surface area contributed by atoms with Crippen LogP contribution in [0.5, 0.6) is 0 Å². The highest BCUT2D eigenvalue weighted by Crippen LogP contribution is 2.03. The lowest BCUT2D eigenvalue weighted by Crippen LogP contribution is -2.19. The van der Waals surface area contributed by atoms with Gasteiger partial charge in [-0.15, -0.1) is 6.42 Å². The predicted molar refractivity (Wildman–Crippen MR) is 28.4 cm³/mol. The molecule has 0 bridgehead atoms. The summed E-state index contributed by atoms with van der Waals surface area (Å²) >= 11 is 0. The molecule has 0 saturated heterocycles. The van der Waals surface area contributed by atoms with Gasteiger partial charge < -0.3 is 5.11 Å². The molecule has 0 amide bonds. The van der Waals surface area contributed by atoms with Crippen molar-refractivity contribution in [2.75, 3.05) is 0 Å². The third-order valence-corrected chi connectivity index (χ3v) is 0.789. The minimum atomic E-state index is -1.39. The van der Waals surface area contributed by atoms with Crippen molar-refractivity contribution in [1.82, 2.24) is 0 Å². The third-order valence-electron chi connectivity index (χ3n) is 0.789. The molecule has 1 nitrogen and oxygen atoms in total. The average molecular weight is 96.1 g/mol. The maximum absolute atomic E-state index is 8.67. The van der Waals surface area contributed by atoms with Gasteiger partial charge in [0, 0.05) is 6.92 Å². The molecule has 0 aliphatic heterocycles. The first kappa shape index (κ1) is 6.52. The lowest BCUT2D eigenvalue weighted by Gasteiger charge is -2.09. The molecular formula is C6H8O. The van der Waals surface area contributed by atoms with E-state index >= 15 is 0 Å². The zero-order valence-electron chi connectivity index (χ0n) is 4.31. The Morgan fingerprint density at radius 3 is 2.29 bits per heavy atom. The van der Waals surface area contributed by atoms with E-state index < -0.39 is 5.60 Å². The second kappa shape index (κ2) is 1.99. The van der Waals surface area contributed by atoms with Crippen molar-refractivity contribution in [3.63, 3.8) is 0 Å². The van der Waals surface area contributed by atoms with E-state index in [4.69, 9.17) is 18.5 Å². The molecule has 0 aromatic heterocycles. The van der Waals surface area contributed by atoms with Gasteiger partial charge in [-0.1, -0.05) is 12.8 Å². The highest BCUT2D eigenvalue weighted by atomic mass is 16.3. The fraction of sp³-hybridized carbons (Fsp3) is 0.500. The van der Waals surface area contributed by atoms with Crippen LogP contribution in [0.25, 0.3) is 0 Å². The molecule has 0 heterocycles. The Morgan fingerprint density at radius 1 is 1.86 bits per heavy atom. The molecule has 1 atom stereocenters. The Hall–Kier alpha value is -0.480. The second-order valence-electron chi connectivity index (χ2n) is 1.42. The summed E-state index contributed by atoms with van der Waals surface area (Å²) < 4.78 is 0. The molecule has 7 heavy (non-hydrogen) atoms. The Kier molecular flexibility index (Phi) is 1.86. The van der Waals surface area contributed by atoms with E-state index in [1.807, 2.05) is 5.92 Å². The summed E-state index contributed by atoms with van der Waals surface area (Å²) in [4.78, 5) is 0. The SMILES string of the molecule is [CH]C(O)(C#C)CC. The maximum atomic E-state index is 8.67. The monoisotopic (exact) mass is 96.1 g/mol. The molecule has 0 saturated carbocycles. The van der Waals surface area contributed by atoms with Crippen LogP contribution < -0.4 is 0 Å². The molecule has 1 N–H and O–H groups in total. The summed E-state index contributed by atoms with van der Waals surface area (Å²) in [6.07, 6.45) is 5.18.